The van der Waals surface area contributed by atoms with Gasteiger partial charge in [0.05, 0.1) is 19.8 Å². The van der Waals surface area contributed by atoms with Crippen molar-refractivity contribution in [2.45, 2.75) is 38.7 Å². The molecule has 4 heteroatoms. The molecule has 1 unspecified atom stereocenters. The molecule has 0 saturated carbocycles. The van der Waals surface area contributed by atoms with Crippen LogP contribution < -0.4 is 9.47 Å². The van der Waals surface area contributed by atoms with Crippen molar-refractivity contribution in [3.05, 3.63) is 23.8 Å². The van der Waals surface area contributed by atoms with E-state index in [-0.39, 0.29) is 6.61 Å². The Morgan fingerprint density at radius 2 is 1.84 bits per heavy atom. The maximum atomic E-state index is 9.51. The lowest BCUT2D eigenvalue weighted by Gasteiger charge is -2.13. The van der Waals surface area contributed by atoms with E-state index in [2.05, 4.69) is 0 Å². The van der Waals surface area contributed by atoms with Gasteiger partial charge >= 0.3 is 0 Å². The molecule has 0 aromatic heterocycles. The molecule has 1 rings (SSSR count). The average molecular weight is 268 g/mol. The molecule has 2 N–H and O–H groups in total. The Kier molecular flexibility index (Phi) is 7.30. The molecule has 0 heterocycles. The van der Waals surface area contributed by atoms with Gasteiger partial charge in [0.25, 0.3) is 0 Å². The molecule has 0 aliphatic heterocycles. The topological polar surface area (TPSA) is 58.9 Å². The third-order valence-corrected chi connectivity index (χ3v) is 2.98. The van der Waals surface area contributed by atoms with Gasteiger partial charge in [-0.3, -0.25) is 0 Å². The smallest absolute Gasteiger partial charge is 0.161 e. The summed E-state index contributed by atoms with van der Waals surface area (Å²) >= 11 is 0. The van der Waals surface area contributed by atoms with Gasteiger partial charge in [-0.2, -0.15) is 0 Å². The number of unbranched alkanes of at least 4 members (excludes halogenated alkanes) is 3. The Labute approximate surface area is 115 Å². The van der Waals surface area contributed by atoms with Crippen molar-refractivity contribution >= 4 is 0 Å². The summed E-state index contributed by atoms with van der Waals surface area (Å²) < 4.78 is 10.9. The number of aliphatic hydroxyl groups is 2. The van der Waals surface area contributed by atoms with Crippen molar-refractivity contribution in [3.63, 3.8) is 0 Å². The van der Waals surface area contributed by atoms with Gasteiger partial charge in [-0.15, -0.1) is 0 Å². The maximum Gasteiger partial charge on any atom is 0.161 e. The van der Waals surface area contributed by atoms with Crippen LogP contribution in [-0.2, 0) is 0 Å². The van der Waals surface area contributed by atoms with Crippen LogP contribution in [-0.4, -0.2) is 30.5 Å². The molecule has 1 aromatic carbocycles. The van der Waals surface area contributed by atoms with Crippen LogP contribution >= 0.6 is 0 Å². The van der Waals surface area contributed by atoms with Gasteiger partial charge < -0.3 is 19.7 Å². The minimum Gasteiger partial charge on any atom is -0.493 e. The third kappa shape index (κ3) is 5.49. The van der Waals surface area contributed by atoms with E-state index < -0.39 is 6.10 Å². The summed E-state index contributed by atoms with van der Waals surface area (Å²) in [4.78, 5) is 0. The summed E-state index contributed by atoms with van der Waals surface area (Å²) in [5.41, 5.74) is 0.812. The van der Waals surface area contributed by atoms with Crippen LogP contribution in [0.2, 0.25) is 0 Å². The summed E-state index contributed by atoms with van der Waals surface area (Å²) in [6, 6.07) is 5.47. The van der Waals surface area contributed by atoms with E-state index in [4.69, 9.17) is 14.6 Å². The molecule has 1 aromatic rings. The van der Waals surface area contributed by atoms with Crippen LogP contribution in [0.5, 0.6) is 11.5 Å². The summed E-state index contributed by atoms with van der Waals surface area (Å²) in [7, 11) is 1.59. The van der Waals surface area contributed by atoms with Crippen LogP contribution in [0, 0.1) is 0 Å². The molecule has 0 fully saturated rings. The fourth-order valence-electron chi connectivity index (χ4n) is 1.81. The van der Waals surface area contributed by atoms with E-state index in [0.717, 1.165) is 31.2 Å². The predicted molar refractivity (Wildman–Crippen MR) is 74.7 cm³/mol. The second kappa shape index (κ2) is 8.77. The number of hydrogen-bond donors (Lipinski definition) is 2. The largest absolute Gasteiger partial charge is 0.493 e. The van der Waals surface area contributed by atoms with E-state index in [9.17, 15) is 5.11 Å². The highest BCUT2D eigenvalue weighted by molar-refractivity contribution is 5.43. The molecular weight excluding hydrogens is 244 g/mol. The number of ether oxygens (including phenoxy) is 2. The number of rotatable bonds is 9. The molecule has 0 saturated heterocycles. The third-order valence-electron chi connectivity index (χ3n) is 2.98. The minimum atomic E-state index is -0.513. The molecule has 0 radical (unpaired) electrons. The van der Waals surface area contributed by atoms with Gasteiger partial charge in [-0.1, -0.05) is 12.5 Å². The summed E-state index contributed by atoms with van der Waals surface area (Å²) in [5.74, 6) is 1.35. The standard InChI is InChI=1S/C15H24O4/c1-12(17)13-7-8-14(15(11-13)18-2)19-10-6-4-3-5-9-16/h7-8,11-12,16-17H,3-6,9-10H2,1-2H3. The van der Waals surface area contributed by atoms with Crippen molar-refractivity contribution in [2.75, 3.05) is 20.3 Å². The Hall–Kier alpha value is -1.26. The molecule has 0 spiro atoms. The summed E-state index contributed by atoms with van der Waals surface area (Å²) in [6.07, 6.45) is 3.38. The molecule has 0 amide bonds. The van der Waals surface area contributed by atoms with Crippen LogP contribution in [0.4, 0.5) is 0 Å². The van der Waals surface area contributed by atoms with Crippen LogP contribution in [0.1, 0.15) is 44.3 Å². The maximum absolute atomic E-state index is 9.51. The second-order valence-corrected chi connectivity index (χ2v) is 4.57. The van der Waals surface area contributed by atoms with E-state index >= 15 is 0 Å². The molecule has 1 atom stereocenters. The summed E-state index contributed by atoms with van der Waals surface area (Å²) in [6.45, 7) is 2.61. The van der Waals surface area contributed by atoms with Crippen molar-refractivity contribution in [2.24, 2.45) is 0 Å². The first-order valence-electron chi connectivity index (χ1n) is 6.78. The van der Waals surface area contributed by atoms with E-state index in [1.807, 2.05) is 12.1 Å². The number of benzene rings is 1. The van der Waals surface area contributed by atoms with Gasteiger partial charge in [0.2, 0.25) is 0 Å². The highest BCUT2D eigenvalue weighted by Gasteiger charge is 2.08. The highest BCUT2D eigenvalue weighted by Crippen LogP contribution is 2.30. The van der Waals surface area contributed by atoms with Crippen LogP contribution in [0.25, 0.3) is 0 Å². The Morgan fingerprint density at radius 1 is 1.11 bits per heavy atom. The van der Waals surface area contributed by atoms with Crippen molar-refractivity contribution in [1.29, 1.82) is 0 Å². The quantitative estimate of drug-likeness (QED) is 0.676. The fourth-order valence-corrected chi connectivity index (χ4v) is 1.81. The fraction of sp³-hybridized carbons (Fsp3) is 0.600. The minimum absolute atomic E-state index is 0.259. The monoisotopic (exact) mass is 268 g/mol. The number of aliphatic hydroxyl groups excluding tert-OH is 2. The first-order chi connectivity index (χ1) is 9.19. The molecule has 108 valence electrons. The lowest BCUT2D eigenvalue weighted by atomic mass is 10.1. The van der Waals surface area contributed by atoms with Crippen molar-refractivity contribution in [3.8, 4) is 11.5 Å². The van der Waals surface area contributed by atoms with E-state index in [1.54, 1.807) is 20.1 Å². The molecule has 0 aliphatic carbocycles. The lowest BCUT2D eigenvalue weighted by Crippen LogP contribution is -2.01. The molecule has 0 bridgehead atoms. The number of methoxy groups -OCH3 is 1. The van der Waals surface area contributed by atoms with Crippen LogP contribution in [0.15, 0.2) is 18.2 Å². The van der Waals surface area contributed by atoms with Crippen molar-refractivity contribution in [1.82, 2.24) is 0 Å². The molecule has 19 heavy (non-hydrogen) atoms. The highest BCUT2D eigenvalue weighted by atomic mass is 16.5. The van der Waals surface area contributed by atoms with Gasteiger partial charge in [0.1, 0.15) is 0 Å². The Morgan fingerprint density at radius 3 is 2.47 bits per heavy atom. The molecular formula is C15H24O4. The first kappa shape index (κ1) is 15.8. The molecule has 0 aliphatic rings. The first-order valence-corrected chi connectivity index (χ1v) is 6.78. The average Bonchev–Trinajstić information content (AvgIpc) is 2.42. The van der Waals surface area contributed by atoms with Gasteiger partial charge in [0.15, 0.2) is 11.5 Å². The zero-order valence-electron chi connectivity index (χ0n) is 11.8. The van der Waals surface area contributed by atoms with E-state index in [0.29, 0.717) is 18.1 Å². The zero-order chi connectivity index (χ0) is 14.1. The number of hydrogen-bond acceptors (Lipinski definition) is 4. The zero-order valence-corrected chi connectivity index (χ0v) is 11.8. The lowest BCUT2D eigenvalue weighted by molar-refractivity contribution is 0.198. The molecule has 4 nitrogen and oxygen atoms in total. The van der Waals surface area contributed by atoms with Crippen molar-refractivity contribution < 1.29 is 19.7 Å². The van der Waals surface area contributed by atoms with Gasteiger partial charge in [-0.05, 0) is 43.9 Å². The Balaban J connectivity index is 2.44. The Bertz CT molecular complexity index is 363. The summed E-state index contributed by atoms with van der Waals surface area (Å²) in [5, 5.41) is 18.2. The normalized spacial score (nSPS) is 12.2. The van der Waals surface area contributed by atoms with E-state index in [1.165, 1.54) is 0 Å². The van der Waals surface area contributed by atoms with Gasteiger partial charge in [-0.25, -0.2) is 0 Å². The SMILES string of the molecule is COc1cc(C(C)O)ccc1OCCCCCCO. The van der Waals surface area contributed by atoms with Crippen LogP contribution in [0.3, 0.4) is 0 Å². The van der Waals surface area contributed by atoms with Gasteiger partial charge in [0, 0.05) is 6.61 Å². The predicted octanol–water partition coefficient (Wildman–Crippen LogP) is 2.68. The second-order valence-electron chi connectivity index (χ2n) is 4.57.